The van der Waals surface area contributed by atoms with Gasteiger partial charge >= 0.3 is 0 Å². The standard InChI is InChI=1S/C25H35N3O/c1-26-15-6-16-28-17-13-20(14-18-28)22-11-12-24(27-2)23(19-22)10-9-21-7-4-5-8-25(21)29-3/h4-5,7-12,19-20,26-27H,6,13-18H2,1-3H3/b10-9+. The van der Waals surface area contributed by atoms with E-state index in [9.17, 15) is 0 Å². The summed E-state index contributed by atoms with van der Waals surface area (Å²) < 4.78 is 5.48. The molecule has 0 saturated carbocycles. The van der Waals surface area contributed by atoms with E-state index in [0.29, 0.717) is 5.92 Å². The summed E-state index contributed by atoms with van der Waals surface area (Å²) in [6.45, 7) is 4.72. The van der Waals surface area contributed by atoms with Crippen molar-refractivity contribution in [3.8, 4) is 5.75 Å². The second-order valence-electron chi connectivity index (χ2n) is 7.74. The zero-order valence-electron chi connectivity index (χ0n) is 18.1. The molecule has 1 heterocycles. The molecule has 1 aliphatic rings. The van der Waals surface area contributed by atoms with Gasteiger partial charge in [-0.1, -0.05) is 36.4 Å². The van der Waals surface area contributed by atoms with Gasteiger partial charge in [-0.2, -0.15) is 0 Å². The summed E-state index contributed by atoms with van der Waals surface area (Å²) in [7, 11) is 5.73. The summed E-state index contributed by atoms with van der Waals surface area (Å²) in [5.41, 5.74) is 4.94. The van der Waals surface area contributed by atoms with Crippen LogP contribution in [0.2, 0.25) is 0 Å². The maximum absolute atomic E-state index is 5.48. The van der Waals surface area contributed by atoms with Crippen LogP contribution in [0.5, 0.6) is 5.75 Å². The molecule has 3 rings (SSSR count). The Kier molecular flexibility index (Phi) is 8.14. The second kappa shape index (κ2) is 11.0. The number of para-hydroxylation sites is 1. The number of anilines is 1. The lowest BCUT2D eigenvalue weighted by atomic mass is 9.88. The molecule has 156 valence electrons. The number of ether oxygens (including phenoxy) is 1. The van der Waals surface area contributed by atoms with Gasteiger partial charge < -0.3 is 20.3 Å². The van der Waals surface area contributed by atoms with Crippen LogP contribution in [0, 0.1) is 0 Å². The van der Waals surface area contributed by atoms with E-state index in [1.807, 2.05) is 32.3 Å². The number of likely N-dealkylation sites (tertiary alicyclic amines) is 1. The van der Waals surface area contributed by atoms with E-state index in [2.05, 4.69) is 52.0 Å². The average Bonchev–Trinajstić information content (AvgIpc) is 2.78. The number of hydrogen-bond acceptors (Lipinski definition) is 4. The van der Waals surface area contributed by atoms with Crippen LogP contribution in [-0.2, 0) is 0 Å². The Labute approximate surface area is 176 Å². The van der Waals surface area contributed by atoms with Crippen molar-refractivity contribution in [1.82, 2.24) is 10.2 Å². The highest BCUT2D eigenvalue weighted by Gasteiger charge is 2.20. The fraction of sp³-hybridized carbons (Fsp3) is 0.440. The number of methoxy groups -OCH3 is 1. The lowest BCUT2D eigenvalue weighted by Crippen LogP contribution is -2.34. The van der Waals surface area contributed by atoms with Crippen LogP contribution in [0.15, 0.2) is 42.5 Å². The molecule has 0 bridgehead atoms. The van der Waals surface area contributed by atoms with E-state index < -0.39 is 0 Å². The van der Waals surface area contributed by atoms with Crippen molar-refractivity contribution in [2.45, 2.75) is 25.2 Å². The topological polar surface area (TPSA) is 36.5 Å². The van der Waals surface area contributed by atoms with Crippen molar-refractivity contribution < 1.29 is 4.74 Å². The monoisotopic (exact) mass is 393 g/mol. The summed E-state index contributed by atoms with van der Waals surface area (Å²) in [5.74, 6) is 1.55. The molecule has 2 aromatic rings. The van der Waals surface area contributed by atoms with Crippen molar-refractivity contribution >= 4 is 17.8 Å². The SMILES string of the molecule is CNCCCN1CCC(c2ccc(NC)c(/C=C/c3ccccc3OC)c2)CC1. The molecule has 2 aromatic carbocycles. The number of benzene rings is 2. The zero-order valence-corrected chi connectivity index (χ0v) is 18.1. The molecular weight excluding hydrogens is 358 g/mol. The molecule has 0 radical (unpaired) electrons. The molecule has 0 aromatic heterocycles. The van der Waals surface area contributed by atoms with Crippen molar-refractivity contribution in [1.29, 1.82) is 0 Å². The lowest BCUT2D eigenvalue weighted by molar-refractivity contribution is 0.210. The van der Waals surface area contributed by atoms with Gasteiger partial charge in [-0.25, -0.2) is 0 Å². The first-order valence-electron chi connectivity index (χ1n) is 10.7. The van der Waals surface area contributed by atoms with Crippen molar-refractivity contribution in [2.24, 2.45) is 0 Å². The first kappa shape index (κ1) is 21.4. The first-order chi connectivity index (χ1) is 14.2. The fourth-order valence-corrected chi connectivity index (χ4v) is 4.15. The first-order valence-corrected chi connectivity index (χ1v) is 10.7. The van der Waals surface area contributed by atoms with E-state index in [1.54, 1.807) is 7.11 Å². The van der Waals surface area contributed by atoms with Gasteiger partial charge in [-0.05, 0) is 87.7 Å². The minimum atomic E-state index is 0.653. The summed E-state index contributed by atoms with van der Waals surface area (Å²) >= 11 is 0. The molecule has 0 unspecified atom stereocenters. The Balaban J connectivity index is 1.70. The molecule has 0 atom stereocenters. The van der Waals surface area contributed by atoms with E-state index in [0.717, 1.165) is 23.5 Å². The maximum Gasteiger partial charge on any atom is 0.126 e. The Morgan fingerprint density at radius 1 is 1.03 bits per heavy atom. The highest BCUT2D eigenvalue weighted by molar-refractivity contribution is 5.78. The average molecular weight is 394 g/mol. The van der Waals surface area contributed by atoms with Gasteiger partial charge in [0, 0.05) is 18.3 Å². The molecule has 4 heteroatoms. The van der Waals surface area contributed by atoms with Gasteiger partial charge in [0.2, 0.25) is 0 Å². The van der Waals surface area contributed by atoms with Crippen LogP contribution in [0.4, 0.5) is 5.69 Å². The minimum Gasteiger partial charge on any atom is -0.496 e. The molecule has 29 heavy (non-hydrogen) atoms. The second-order valence-corrected chi connectivity index (χ2v) is 7.74. The minimum absolute atomic E-state index is 0.653. The van der Waals surface area contributed by atoms with Crippen LogP contribution in [0.3, 0.4) is 0 Å². The van der Waals surface area contributed by atoms with Gasteiger partial charge in [0.05, 0.1) is 7.11 Å². The number of piperidine rings is 1. The maximum atomic E-state index is 5.48. The third kappa shape index (κ3) is 5.84. The fourth-order valence-electron chi connectivity index (χ4n) is 4.15. The zero-order chi connectivity index (χ0) is 20.5. The normalized spacial score (nSPS) is 15.7. The Morgan fingerprint density at radius 3 is 2.52 bits per heavy atom. The molecule has 0 spiro atoms. The van der Waals surface area contributed by atoms with E-state index in [1.165, 1.54) is 50.0 Å². The quantitative estimate of drug-likeness (QED) is 0.478. The Morgan fingerprint density at radius 2 is 1.79 bits per heavy atom. The van der Waals surface area contributed by atoms with Gasteiger partial charge in [0.1, 0.15) is 5.75 Å². The molecule has 2 N–H and O–H groups in total. The third-order valence-electron chi connectivity index (χ3n) is 5.89. The van der Waals surface area contributed by atoms with Gasteiger partial charge in [-0.15, -0.1) is 0 Å². The van der Waals surface area contributed by atoms with E-state index in [-0.39, 0.29) is 0 Å². The number of nitrogens with zero attached hydrogens (tertiary/aromatic N) is 1. The Hall–Kier alpha value is -2.30. The predicted molar refractivity (Wildman–Crippen MR) is 125 cm³/mol. The highest BCUT2D eigenvalue weighted by Crippen LogP contribution is 2.31. The van der Waals surface area contributed by atoms with E-state index >= 15 is 0 Å². The molecular formula is C25H35N3O. The van der Waals surface area contributed by atoms with E-state index in [4.69, 9.17) is 4.74 Å². The van der Waals surface area contributed by atoms with Crippen LogP contribution >= 0.6 is 0 Å². The van der Waals surface area contributed by atoms with Crippen molar-refractivity contribution in [3.63, 3.8) is 0 Å². The molecule has 1 fully saturated rings. The lowest BCUT2D eigenvalue weighted by Gasteiger charge is -2.32. The van der Waals surface area contributed by atoms with Crippen LogP contribution in [-0.4, -0.2) is 52.3 Å². The third-order valence-corrected chi connectivity index (χ3v) is 5.89. The van der Waals surface area contributed by atoms with Gasteiger partial charge in [0.25, 0.3) is 0 Å². The summed E-state index contributed by atoms with van der Waals surface area (Å²) in [6.07, 6.45) is 8.06. The number of hydrogen-bond donors (Lipinski definition) is 2. The molecule has 4 nitrogen and oxygen atoms in total. The molecule has 1 saturated heterocycles. The van der Waals surface area contributed by atoms with Crippen molar-refractivity contribution in [2.75, 3.05) is 52.7 Å². The molecule has 0 amide bonds. The predicted octanol–water partition coefficient (Wildman–Crippen LogP) is 4.70. The number of nitrogens with one attached hydrogen (secondary N) is 2. The van der Waals surface area contributed by atoms with Crippen LogP contribution in [0.1, 0.15) is 41.9 Å². The molecule has 0 aliphatic carbocycles. The van der Waals surface area contributed by atoms with Crippen molar-refractivity contribution in [3.05, 3.63) is 59.2 Å². The van der Waals surface area contributed by atoms with Crippen LogP contribution < -0.4 is 15.4 Å². The summed E-state index contributed by atoms with van der Waals surface area (Å²) in [6, 6.07) is 15.0. The highest BCUT2D eigenvalue weighted by atomic mass is 16.5. The largest absolute Gasteiger partial charge is 0.496 e. The van der Waals surface area contributed by atoms with Crippen LogP contribution in [0.25, 0.3) is 12.2 Å². The van der Waals surface area contributed by atoms with Gasteiger partial charge in [-0.3, -0.25) is 0 Å². The summed E-state index contributed by atoms with van der Waals surface area (Å²) in [4.78, 5) is 2.61. The van der Waals surface area contributed by atoms with Gasteiger partial charge in [0.15, 0.2) is 0 Å². The summed E-state index contributed by atoms with van der Waals surface area (Å²) in [5, 5.41) is 6.57. The molecule has 1 aliphatic heterocycles. The smallest absolute Gasteiger partial charge is 0.126 e. The Bertz CT molecular complexity index is 794. The number of rotatable bonds is 9.